The number of halogens is 2. The van der Waals surface area contributed by atoms with E-state index in [2.05, 4.69) is 20.3 Å². The minimum absolute atomic E-state index is 0.0800. The molecule has 1 N–H and O–H groups in total. The van der Waals surface area contributed by atoms with Crippen LogP contribution in [-0.4, -0.2) is 15.0 Å². The van der Waals surface area contributed by atoms with E-state index in [0.29, 0.717) is 12.5 Å². The Morgan fingerprint density at radius 2 is 1.59 bits per heavy atom. The fourth-order valence-electron chi connectivity index (χ4n) is 1.29. The summed E-state index contributed by atoms with van der Waals surface area (Å²) in [5.41, 5.74) is 2.35. The molecular formula is C11H10Cl2N4. The highest BCUT2D eigenvalue weighted by Gasteiger charge is 2.02. The lowest BCUT2D eigenvalue weighted by Gasteiger charge is -2.05. The van der Waals surface area contributed by atoms with Gasteiger partial charge in [-0.1, -0.05) is 29.8 Å². The van der Waals surface area contributed by atoms with Crippen molar-refractivity contribution in [1.82, 2.24) is 15.0 Å². The Morgan fingerprint density at radius 1 is 1.00 bits per heavy atom. The Morgan fingerprint density at radius 3 is 2.18 bits per heavy atom. The number of nitrogens with one attached hydrogen (secondary N) is 1. The van der Waals surface area contributed by atoms with E-state index in [9.17, 15) is 0 Å². The zero-order valence-electron chi connectivity index (χ0n) is 9.11. The summed E-state index contributed by atoms with van der Waals surface area (Å²) >= 11 is 11.3. The van der Waals surface area contributed by atoms with E-state index in [0.717, 1.165) is 5.56 Å². The molecule has 0 spiro atoms. The van der Waals surface area contributed by atoms with Crippen LogP contribution < -0.4 is 5.32 Å². The van der Waals surface area contributed by atoms with Crippen molar-refractivity contribution in [3.05, 3.63) is 46.0 Å². The van der Waals surface area contributed by atoms with Gasteiger partial charge in [0.1, 0.15) is 0 Å². The normalized spacial score (nSPS) is 10.3. The summed E-state index contributed by atoms with van der Waals surface area (Å²) in [6.45, 7) is 2.65. The maximum Gasteiger partial charge on any atom is 0.228 e. The summed E-state index contributed by atoms with van der Waals surface area (Å²) in [5, 5.41) is 3.19. The van der Waals surface area contributed by atoms with E-state index >= 15 is 0 Å². The molecule has 6 heteroatoms. The van der Waals surface area contributed by atoms with Gasteiger partial charge in [-0.3, -0.25) is 0 Å². The smallest absolute Gasteiger partial charge is 0.228 e. The summed E-state index contributed by atoms with van der Waals surface area (Å²) in [6, 6.07) is 8.16. The molecule has 0 atom stereocenters. The number of rotatable bonds is 3. The van der Waals surface area contributed by atoms with Crippen molar-refractivity contribution in [3.63, 3.8) is 0 Å². The summed E-state index contributed by atoms with van der Waals surface area (Å²) < 4.78 is 0. The largest absolute Gasteiger partial charge is 0.350 e. The van der Waals surface area contributed by atoms with Crippen LogP contribution in [0, 0.1) is 6.92 Å². The summed E-state index contributed by atoms with van der Waals surface area (Å²) in [7, 11) is 0. The minimum atomic E-state index is 0.0800. The van der Waals surface area contributed by atoms with E-state index < -0.39 is 0 Å². The van der Waals surface area contributed by atoms with Crippen LogP contribution in [0.3, 0.4) is 0 Å². The third-order valence-corrected chi connectivity index (χ3v) is 2.49. The monoisotopic (exact) mass is 268 g/mol. The average Bonchev–Trinajstić information content (AvgIpc) is 2.27. The van der Waals surface area contributed by atoms with Crippen LogP contribution in [0.2, 0.25) is 10.6 Å². The van der Waals surface area contributed by atoms with Gasteiger partial charge >= 0.3 is 0 Å². The van der Waals surface area contributed by atoms with Crippen molar-refractivity contribution in [2.75, 3.05) is 5.32 Å². The van der Waals surface area contributed by atoms with E-state index in [1.165, 1.54) is 5.56 Å². The summed E-state index contributed by atoms with van der Waals surface area (Å²) in [4.78, 5) is 11.5. The molecule has 4 nitrogen and oxygen atoms in total. The van der Waals surface area contributed by atoms with Crippen molar-refractivity contribution in [1.29, 1.82) is 0 Å². The number of nitrogens with zero attached hydrogens (tertiary/aromatic N) is 3. The quantitative estimate of drug-likeness (QED) is 0.930. The zero-order chi connectivity index (χ0) is 12.3. The van der Waals surface area contributed by atoms with Crippen LogP contribution in [0.5, 0.6) is 0 Å². The Balaban J connectivity index is 2.04. The molecule has 2 aromatic rings. The number of hydrogen-bond acceptors (Lipinski definition) is 4. The molecule has 0 aliphatic carbocycles. The van der Waals surface area contributed by atoms with E-state index in [1.807, 2.05) is 31.2 Å². The highest BCUT2D eigenvalue weighted by atomic mass is 35.5. The third kappa shape index (κ3) is 3.54. The molecule has 1 aromatic heterocycles. The first-order valence-corrected chi connectivity index (χ1v) is 5.75. The molecule has 1 heterocycles. The summed E-state index contributed by atoms with van der Waals surface area (Å²) in [5.74, 6) is 0.371. The number of anilines is 1. The van der Waals surface area contributed by atoms with Gasteiger partial charge < -0.3 is 5.32 Å². The molecule has 17 heavy (non-hydrogen) atoms. The lowest BCUT2D eigenvalue weighted by atomic mass is 10.1. The highest BCUT2D eigenvalue weighted by Crippen LogP contribution is 2.11. The molecule has 0 aliphatic rings. The number of benzene rings is 1. The van der Waals surface area contributed by atoms with Crippen molar-refractivity contribution in [2.45, 2.75) is 13.5 Å². The molecule has 0 radical (unpaired) electrons. The van der Waals surface area contributed by atoms with Crippen LogP contribution in [0.4, 0.5) is 5.95 Å². The SMILES string of the molecule is Cc1ccc(CNc2nc(Cl)nc(Cl)n2)cc1. The molecule has 1 aromatic carbocycles. The molecule has 0 aliphatic heterocycles. The Hall–Kier alpha value is -1.39. The van der Waals surface area contributed by atoms with Gasteiger partial charge in [-0.05, 0) is 35.7 Å². The molecular weight excluding hydrogens is 259 g/mol. The van der Waals surface area contributed by atoms with Gasteiger partial charge in [0, 0.05) is 6.54 Å². The van der Waals surface area contributed by atoms with Crippen LogP contribution in [0.25, 0.3) is 0 Å². The fraction of sp³-hybridized carbons (Fsp3) is 0.182. The second-order valence-electron chi connectivity index (χ2n) is 3.54. The number of aromatic nitrogens is 3. The highest BCUT2D eigenvalue weighted by molar-refractivity contribution is 6.31. The van der Waals surface area contributed by atoms with Crippen LogP contribution >= 0.6 is 23.2 Å². The minimum Gasteiger partial charge on any atom is -0.350 e. The summed E-state index contributed by atoms with van der Waals surface area (Å²) in [6.07, 6.45) is 0. The van der Waals surface area contributed by atoms with E-state index in [4.69, 9.17) is 23.2 Å². The topological polar surface area (TPSA) is 50.7 Å². The van der Waals surface area contributed by atoms with Crippen molar-refractivity contribution < 1.29 is 0 Å². The van der Waals surface area contributed by atoms with E-state index in [-0.39, 0.29) is 10.6 Å². The lowest BCUT2D eigenvalue weighted by Crippen LogP contribution is -2.04. The van der Waals surface area contributed by atoms with Gasteiger partial charge in [0.15, 0.2) is 0 Å². The molecule has 0 saturated carbocycles. The number of hydrogen-bond donors (Lipinski definition) is 1. The molecule has 2 rings (SSSR count). The predicted molar refractivity (Wildman–Crippen MR) is 68.4 cm³/mol. The third-order valence-electron chi connectivity index (χ3n) is 2.15. The van der Waals surface area contributed by atoms with Gasteiger partial charge in [0.05, 0.1) is 0 Å². The van der Waals surface area contributed by atoms with E-state index in [1.54, 1.807) is 0 Å². The first-order valence-electron chi connectivity index (χ1n) is 5.00. The van der Waals surface area contributed by atoms with Crippen LogP contribution in [0.15, 0.2) is 24.3 Å². The van der Waals surface area contributed by atoms with Gasteiger partial charge in [0.25, 0.3) is 0 Å². The Bertz CT molecular complexity index is 493. The lowest BCUT2D eigenvalue weighted by molar-refractivity contribution is 1.00. The molecule has 0 amide bonds. The molecule has 0 saturated heterocycles. The Kier molecular flexibility index (Phi) is 3.76. The Labute approximate surface area is 109 Å². The van der Waals surface area contributed by atoms with Crippen molar-refractivity contribution >= 4 is 29.2 Å². The molecule has 0 bridgehead atoms. The molecule has 0 fully saturated rings. The maximum atomic E-state index is 5.67. The standard InChI is InChI=1S/C11H10Cl2N4/c1-7-2-4-8(5-3-7)6-14-11-16-9(12)15-10(13)17-11/h2-5H,6H2,1H3,(H,14,15,16,17). The van der Waals surface area contributed by atoms with Crippen LogP contribution in [-0.2, 0) is 6.54 Å². The second-order valence-corrected chi connectivity index (χ2v) is 4.21. The average molecular weight is 269 g/mol. The van der Waals surface area contributed by atoms with Crippen molar-refractivity contribution in [2.24, 2.45) is 0 Å². The molecule has 88 valence electrons. The zero-order valence-corrected chi connectivity index (χ0v) is 10.6. The van der Waals surface area contributed by atoms with Gasteiger partial charge in [0.2, 0.25) is 16.5 Å². The van der Waals surface area contributed by atoms with Crippen molar-refractivity contribution in [3.8, 4) is 0 Å². The van der Waals surface area contributed by atoms with Crippen LogP contribution in [0.1, 0.15) is 11.1 Å². The first-order chi connectivity index (χ1) is 8.13. The number of aryl methyl sites for hydroxylation is 1. The maximum absolute atomic E-state index is 5.67. The molecule has 0 unspecified atom stereocenters. The van der Waals surface area contributed by atoms with Gasteiger partial charge in [-0.2, -0.15) is 15.0 Å². The fourth-order valence-corrected chi connectivity index (χ4v) is 1.66. The second kappa shape index (κ2) is 5.29. The van der Waals surface area contributed by atoms with Gasteiger partial charge in [-0.25, -0.2) is 0 Å². The van der Waals surface area contributed by atoms with Gasteiger partial charge in [-0.15, -0.1) is 0 Å². The first kappa shape index (κ1) is 12.1. The predicted octanol–water partition coefficient (Wildman–Crippen LogP) is 3.10.